The van der Waals surface area contributed by atoms with E-state index in [0.717, 1.165) is 18.9 Å². The molecule has 1 saturated carbocycles. The van der Waals surface area contributed by atoms with Crippen LogP contribution >= 0.6 is 0 Å². The van der Waals surface area contributed by atoms with Crippen molar-refractivity contribution in [2.24, 2.45) is 11.7 Å². The highest BCUT2D eigenvalue weighted by molar-refractivity contribution is 5.98. The van der Waals surface area contributed by atoms with Crippen molar-refractivity contribution in [2.45, 2.75) is 45.2 Å². The van der Waals surface area contributed by atoms with Gasteiger partial charge in [-0.2, -0.15) is 10.2 Å². The molecule has 3 heterocycles. The van der Waals surface area contributed by atoms with Crippen molar-refractivity contribution in [1.82, 2.24) is 30.3 Å². The Hall–Kier alpha value is -4.29. The van der Waals surface area contributed by atoms with Crippen LogP contribution in [0.3, 0.4) is 0 Å². The standard InChI is InChI=1S/C22H26FN9O3/c1-3-16(29-22(34)35)18(12-4-5-12)30-21-15(23)9-14(19(24)33)20(31-21)28-13-8-17(11(2)25-10-13)32-26-6-7-27-32/h6-10,12,16,18,29H,3-5H2,1-2H3,(H2,24,33)(H,34,35)(H2,28,30,31)/t16-,18+/m0/s1. The van der Waals surface area contributed by atoms with Crippen LogP contribution < -0.4 is 21.7 Å². The minimum atomic E-state index is -1.15. The van der Waals surface area contributed by atoms with E-state index in [-0.39, 0.29) is 29.2 Å². The number of rotatable bonds is 10. The lowest BCUT2D eigenvalue weighted by atomic mass is 10.0. The second kappa shape index (κ2) is 9.91. The Morgan fingerprint density at radius 3 is 2.57 bits per heavy atom. The highest BCUT2D eigenvalue weighted by Crippen LogP contribution is 2.37. The highest BCUT2D eigenvalue weighted by atomic mass is 19.1. The molecule has 0 radical (unpaired) electrons. The topological polar surface area (TPSA) is 173 Å². The highest BCUT2D eigenvalue weighted by Gasteiger charge is 2.37. The molecule has 2 amide bonds. The van der Waals surface area contributed by atoms with Gasteiger partial charge >= 0.3 is 6.09 Å². The second-order valence-electron chi connectivity index (χ2n) is 8.32. The number of primary amides is 1. The molecule has 0 saturated heterocycles. The van der Waals surface area contributed by atoms with Gasteiger partial charge in [0.2, 0.25) is 0 Å². The molecule has 0 aromatic carbocycles. The van der Waals surface area contributed by atoms with Gasteiger partial charge in [-0.15, -0.1) is 4.80 Å². The molecule has 13 heteroatoms. The number of carbonyl (C=O) groups is 2. The van der Waals surface area contributed by atoms with E-state index in [1.165, 1.54) is 23.4 Å². The maximum atomic E-state index is 15.0. The van der Waals surface area contributed by atoms with E-state index in [1.54, 1.807) is 13.0 Å². The zero-order valence-electron chi connectivity index (χ0n) is 19.2. The normalized spacial score (nSPS) is 14.7. The first-order chi connectivity index (χ1) is 16.8. The zero-order chi connectivity index (χ0) is 25.1. The Morgan fingerprint density at radius 2 is 1.97 bits per heavy atom. The smallest absolute Gasteiger partial charge is 0.404 e. The van der Waals surface area contributed by atoms with E-state index in [1.807, 2.05) is 6.92 Å². The average molecular weight is 484 g/mol. The molecule has 0 spiro atoms. The van der Waals surface area contributed by atoms with E-state index in [9.17, 15) is 19.1 Å². The van der Waals surface area contributed by atoms with E-state index < -0.39 is 23.9 Å². The molecule has 0 bridgehead atoms. The molecule has 0 unspecified atom stereocenters. The van der Waals surface area contributed by atoms with Gasteiger partial charge in [-0.1, -0.05) is 6.92 Å². The summed E-state index contributed by atoms with van der Waals surface area (Å²) in [7, 11) is 0. The van der Waals surface area contributed by atoms with Crippen LogP contribution in [0.2, 0.25) is 0 Å². The maximum absolute atomic E-state index is 15.0. The number of aryl methyl sites for hydroxylation is 1. The number of carboxylic acid groups (broad SMARTS) is 1. The summed E-state index contributed by atoms with van der Waals surface area (Å²) < 4.78 is 15.0. The predicted octanol–water partition coefficient (Wildman–Crippen LogP) is 2.58. The van der Waals surface area contributed by atoms with Crippen molar-refractivity contribution in [3.8, 4) is 5.69 Å². The van der Waals surface area contributed by atoms with Gasteiger partial charge in [0, 0.05) is 0 Å². The molecule has 1 fully saturated rings. The lowest BCUT2D eigenvalue weighted by molar-refractivity contribution is 0.1000. The molecule has 1 aliphatic rings. The third kappa shape index (κ3) is 5.45. The van der Waals surface area contributed by atoms with Gasteiger partial charge in [0.05, 0.1) is 47.6 Å². The monoisotopic (exact) mass is 483 g/mol. The van der Waals surface area contributed by atoms with Crippen LogP contribution in [-0.4, -0.2) is 54.2 Å². The summed E-state index contributed by atoms with van der Waals surface area (Å²) in [6.45, 7) is 3.64. The van der Waals surface area contributed by atoms with Gasteiger partial charge in [0.15, 0.2) is 11.6 Å². The minimum absolute atomic E-state index is 0.0280. The molecule has 3 aromatic rings. The number of hydrogen-bond donors (Lipinski definition) is 5. The number of carbonyl (C=O) groups excluding carboxylic acids is 1. The molecule has 6 N–H and O–H groups in total. The third-order valence-corrected chi connectivity index (χ3v) is 5.81. The van der Waals surface area contributed by atoms with E-state index in [0.29, 0.717) is 23.5 Å². The van der Waals surface area contributed by atoms with Crippen molar-refractivity contribution in [2.75, 3.05) is 10.6 Å². The molecule has 3 aromatic heterocycles. The quantitative estimate of drug-likeness (QED) is 0.290. The predicted molar refractivity (Wildman–Crippen MR) is 125 cm³/mol. The van der Waals surface area contributed by atoms with E-state index in [2.05, 4.69) is 36.1 Å². The molecule has 184 valence electrons. The van der Waals surface area contributed by atoms with Crippen LogP contribution in [0.15, 0.2) is 30.7 Å². The van der Waals surface area contributed by atoms with Crippen molar-refractivity contribution in [3.05, 3.63) is 47.8 Å². The first-order valence-corrected chi connectivity index (χ1v) is 11.1. The Kier molecular flexibility index (Phi) is 6.75. The van der Waals surface area contributed by atoms with Crippen molar-refractivity contribution in [1.29, 1.82) is 0 Å². The van der Waals surface area contributed by atoms with Crippen molar-refractivity contribution >= 4 is 29.3 Å². The number of hydrogen-bond acceptors (Lipinski definition) is 8. The molecule has 12 nitrogen and oxygen atoms in total. The number of amides is 2. The number of halogens is 1. The largest absolute Gasteiger partial charge is 0.465 e. The number of aromatic nitrogens is 5. The lowest BCUT2D eigenvalue weighted by Gasteiger charge is -2.28. The molecule has 4 rings (SSSR count). The fourth-order valence-corrected chi connectivity index (χ4v) is 3.91. The summed E-state index contributed by atoms with van der Waals surface area (Å²) in [4.78, 5) is 33.3. The molecule has 1 aliphatic carbocycles. The molecular weight excluding hydrogens is 457 g/mol. The minimum Gasteiger partial charge on any atom is -0.465 e. The summed E-state index contributed by atoms with van der Waals surface area (Å²) in [5.74, 6) is -1.55. The third-order valence-electron chi connectivity index (χ3n) is 5.81. The summed E-state index contributed by atoms with van der Waals surface area (Å²) in [5.41, 5.74) is 7.05. The lowest BCUT2D eigenvalue weighted by Crippen LogP contribution is -2.47. The van der Waals surface area contributed by atoms with Gasteiger partial charge in [0.25, 0.3) is 5.91 Å². The first-order valence-electron chi connectivity index (χ1n) is 11.1. The summed E-state index contributed by atoms with van der Waals surface area (Å²) >= 11 is 0. The molecule has 0 aliphatic heterocycles. The zero-order valence-corrected chi connectivity index (χ0v) is 19.2. The van der Waals surface area contributed by atoms with Crippen LogP contribution in [0.25, 0.3) is 5.69 Å². The van der Waals surface area contributed by atoms with Gasteiger partial charge in [-0.25, -0.2) is 14.2 Å². The van der Waals surface area contributed by atoms with Gasteiger partial charge in [-0.3, -0.25) is 9.78 Å². The van der Waals surface area contributed by atoms with Crippen LogP contribution in [0.5, 0.6) is 0 Å². The van der Waals surface area contributed by atoms with Crippen LogP contribution in [-0.2, 0) is 0 Å². The Balaban J connectivity index is 1.67. The maximum Gasteiger partial charge on any atom is 0.404 e. The van der Waals surface area contributed by atoms with Gasteiger partial charge in [0.1, 0.15) is 11.5 Å². The Bertz CT molecular complexity index is 1230. The summed E-state index contributed by atoms with van der Waals surface area (Å²) in [6, 6.07) is 1.90. The van der Waals surface area contributed by atoms with Gasteiger partial charge < -0.3 is 26.8 Å². The molecule has 2 atom stereocenters. The SMILES string of the molecule is CC[C@H](NC(=O)O)[C@H](Nc1nc(Nc2cnc(C)c(-n3nccn3)c2)c(C(N)=O)cc1F)C1CC1. The van der Waals surface area contributed by atoms with Crippen molar-refractivity contribution < 1.29 is 19.1 Å². The van der Waals surface area contributed by atoms with Crippen molar-refractivity contribution in [3.63, 3.8) is 0 Å². The number of nitrogens with two attached hydrogens (primary N) is 1. The Labute approximate surface area is 200 Å². The van der Waals surface area contributed by atoms with Gasteiger partial charge in [-0.05, 0) is 44.2 Å². The second-order valence-corrected chi connectivity index (χ2v) is 8.32. The Morgan fingerprint density at radius 1 is 1.26 bits per heavy atom. The van der Waals surface area contributed by atoms with Crippen LogP contribution in [0.1, 0.15) is 42.2 Å². The number of nitrogens with one attached hydrogen (secondary N) is 3. The van der Waals surface area contributed by atoms with E-state index >= 15 is 0 Å². The van der Waals surface area contributed by atoms with E-state index in [4.69, 9.17) is 5.73 Å². The summed E-state index contributed by atoms with van der Waals surface area (Å²) in [5, 5.41) is 25.9. The number of nitrogens with zero attached hydrogens (tertiary/aromatic N) is 5. The number of anilines is 3. The summed E-state index contributed by atoms with van der Waals surface area (Å²) in [6.07, 6.45) is 5.72. The fourth-order valence-electron chi connectivity index (χ4n) is 3.91. The molecule has 35 heavy (non-hydrogen) atoms. The number of pyridine rings is 2. The van der Waals surface area contributed by atoms with Crippen LogP contribution in [0, 0.1) is 18.7 Å². The fraction of sp³-hybridized carbons (Fsp3) is 0.364. The first kappa shape index (κ1) is 23.9. The average Bonchev–Trinajstić information content (AvgIpc) is 3.51. The van der Waals surface area contributed by atoms with Crippen LogP contribution in [0.4, 0.5) is 26.5 Å². The molecular formula is C22H26FN9O3.